The average Bonchev–Trinajstić information content (AvgIpc) is 3.49. The number of piperazine rings is 1. The molecule has 12 heteroatoms. The number of nitrogens with one attached hydrogen (secondary N) is 1. The number of methoxy groups -OCH3 is 1. The molecule has 5 rings (SSSR count). The van der Waals surface area contributed by atoms with Crippen LogP contribution in [0.1, 0.15) is 12.5 Å². The van der Waals surface area contributed by atoms with Gasteiger partial charge in [0.1, 0.15) is 6.33 Å². The normalized spacial score (nSPS) is 15.2. The fraction of sp³-hybridized carbons (Fsp3) is 0.391. The number of H-pyrrole nitrogens is 1. The lowest BCUT2D eigenvalue weighted by Crippen LogP contribution is -2.46. The lowest BCUT2D eigenvalue weighted by molar-refractivity contribution is -0.127. The van der Waals surface area contributed by atoms with Crippen LogP contribution < -0.4 is 9.64 Å². The van der Waals surface area contributed by atoms with Crippen molar-refractivity contribution in [2.75, 3.05) is 44.7 Å². The molecule has 0 atom stereocenters. The van der Waals surface area contributed by atoms with Crippen molar-refractivity contribution in [1.29, 1.82) is 0 Å². The van der Waals surface area contributed by atoms with Crippen LogP contribution in [0, 0.1) is 0 Å². The fourth-order valence-corrected chi connectivity index (χ4v) is 4.41. The number of alkyl halides is 3. The number of rotatable bonds is 6. The number of hydrogen-bond acceptors (Lipinski definition) is 7. The minimum absolute atomic E-state index is 0.0100. The summed E-state index contributed by atoms with van der Waals surface area (Å²) in [6, 6.07) is 5.24. The van der Waals surface area contributed by atoms with Crippen molar-refractivity contribution in [2.24, 2.45) is 0 Å². The minimum Gasteiger partial charge on any atom is -0.493 e. The molecular formula is C23H25F3N8O. The van der Waals surface area contributed by atoms with Gasteiger partial charge >= 0.3 is 6.18 Å². The van der Waals surface area contributed by atoms with Crippen LogP contribution in [-0.4, -0.2) is 80.7 Å². The van der Waals surface area contributed by atoms with Crippen molar-refractivity contribution in [3.63, 3.8) is 0 Å². The summed E-state index contributed by atoms with van der Waals surface area (Å²) in [5.74, 6) is 0.383. The van der Waals surface area contributed by atoms with Crippen LogP contribution >= 0.6 is 0 Å². The number of aromatic amines is 1. The molecule has 0 bridgehead atoms. The third-order valence-corrected chi connectivity index (χ3v) is 6.27. The van der Waals surface area contributed by atoms with Crippen molar-refractivity contribution in [1.82, 2.24) is 34.7 Å². The van der Waals surface area contributed by atoms with Gasteiger partial charge < -0.3 is 14.5 Å². The zero-order valence-electron chi connectivity index (χ0n) is 19.4. The van der Waals surface area contributed by atoms with Crippen LogP contribution in [-0.2, 0) is 6.42 Å². The first-order valence-electron chi connectivity index (χ1n) is 11.3. The quantitative estimate of drug-likeness (QED) is 0.447. The van der Waals surface area contributed by atoms with Crippen molar-refractivity contribution in [2.45, 2.75) is 19.5 Å². The zero-order valence-corrected chi connectivity index (χ0v) is 19.4. The second-order valence-corrected chi connectivity index (χ2v) is 8.37. The Bertz CT molecular complexity index is 1310. The molecular weight excluding hydrogens is 461 g/mol. The maximum Gasteiger partial charge on any atom is 0.393 e. The molecule has 1 N–H and O–H groups in total. The summed E-state index contributed by atoms with van der Waals surface area (Å²) in [5, 5.41) is 11.1. The van der Waals surface area contributed by atoms with Gasteiger partial charge in [0, 0.05) is 43.5 Å². The lowest BCUT2D eigenvalue weighted by Gasteiger charge is -2.35. The number of fused-ring (bicyclic) bond motifs is 1. The number of nitrogens with zero attached hydrogens (tertiary/aromatic N) is 7. The first-order chi connectivity index (χ1) is 16.9. The first kappa shape index (κ1) is 23.1. The van der Waals surface area contributed by atoms with Gasteiger partial charge in [-0.3, -0.25) is 10.1 Å². The highest BCUT2D eigenvalue weighted by Crippen LogP contribution is 2.36. The lowest BCUT2D eigenvalue weighted by atomic mass is 10.0. The molecule has 1 saturated heterocycles. The number of anilines is 1. The molecule has 0 saturated carbocycles. The molecule has 1 aliphatic heterocycles. The predicted octanol–water partition coefficient (Wildman–Crippen LogP) is 3.44. The van der Waals surface area contributed by atoms with E-state index in [1.807, 2.05) is 6.07 Å². The molecule has 0 radical (unpaired) electrons. The highest BCUT2D eigenvalue weighted by atomic mass is 19.4. The van der Waals surface area contributed by atoms with E-state index in [1.165, 1.54) is 18.0 Å². The molecule has 0 amide bonds. The van der Waals surface area contributed by atoms with E-state index in [9.17, 15) is 13.2 Å². The standard InChI is InChI=1S/C23H25F3N8O/c1-3-32-6-8-33(9-7-32)16-4-5-18(27-12-16)21-17(11-23(24,25)26)20(30-31-21)15-10-19(35-2)22-28-14-29-34(22)13-15/h4-5,10,12-14H,3,6-9,11H2,1-2H3,(H,30,31). The fourth-order valence-electron chi connectivity index (χ4n) is 4.41. The third-order valence-electron chi connectivity index (χ3n) is 6.27. The van der Waals surface area contributed by atoms with Crippen LogP contribution in [0.25, 0.3) is 28.3 Å². The minimum atomic E-state index is -4.44. The summed E-state index contributed by atoms with van der Waals surface area (Å²) in [7, 11) is 1.47. The van der Waals surface area contributed by atoms with Gasteiger partial charge in [-0.15, -0.1) is 0 Å². The number of halogens is 3. The molecule has 35 heavy (non-hydrogen) atoms. The van der Waals surface area contributed by atoms with Crippen molar-refractivity contribution >= 4 is 11.3 Å². The smallest absolute Gasteiger partial charge is 0.393 e. The maximum absolute atomic E-state index is 13.6. The van der Waals surface area contributed by atoms with Crippen LogP contribution in [0.4, 0.5) is 18.9 Å². The van der Waals surface area contributed by atoms with Crippen LogP contribution in [0.15, 0.2) is 36.9 Å². The van der Waals surface area contributed by atoms with Gasteiger partial charge in [-0.05, 0) is 24.7 Å². The molecule has 4 aromatic heterocycles. The summed E-state index contributed by atoms with van der Waals surface area (Å²) in [6.45, 7) is 6.87. The van der Waals surface area contributed by atoms with Gasteiger partial charge in [0.2, 0.25) is 0 Å². The van der Waals surface area contributed by atoms with E-state index in [0.29, 0.717) is 22.7 Å². The van der Waals surface area contributed by atoms with E-state index >= 15 is 0 Å². The molecule has 184 valence electrons. The molecule has 4 aromatic rings. The van der Waals surface area contributed by atoms with Crippen molar-refractivity contribution in [3.8, 4) is 28.4 Å². The Morgan fingerprint density at radius 2 is 1.91 bits per heavy atom. The maximum atomic E-state index is 13.6. The number of aromatic nitrogens is 6. The summed E-state index contributed by atoms with van der Waals surface area (Å²) in [5.41, 5.74) is 2.63. The number of hydrogen-bond donors (Lipinski definition) is 1. The molecule has 0 aliphatic carbocycles. The topological polar surface area (TPSA) is 87.5 Å². The van der Waals surface area contributed by atoms with Gasteiger partial charge in [-0.2, -0.15) is 23.4 Å². The monoisotopic (exact) mass is 486 g/mol. The molecule has 1 aliphatic rings. The Labute approximate surface area is 199 Å². The Morgan fingerprint density at radius 1 is 1.11 bits per heavy atom. The van der Waals surface area contributed by atoms with Gasteiger partial charge in [-0.1, -0.05) is 6.92 Å². The predicted molar refractivity (Wildman–Crippen MR) is 124 cm³/mol. The largest absolute Gasteiger partial charge is 0.493 e. The molecule has 5 heterocycles. The summed E-state index contributed by atoms with van der Waals surface area (Å²) in [6.07, 6.45) is -0.958. The van der Waals surface area contributed by atoms with Crippen LogP contribution in [0.5, 0.6) is 5.75 Å². The average molecular weight is 487 g/mol. The van der Waals surface area contributed by atoms with Gasteiger partial charge in [-0.25, -0.2) is 9.50 Å². The van der Waals surface area contributed by atoms with E-state index < -0.39 is 12.6 Å². The van der Waals surface area contributed by atoms with Gasteiger partial charge in [0.05, 0.1) is 42.5 Å². The highest BCUT2D eigenvalue weighted by molar-refractivity contribution is 5.75. The highest BCUT2D eigenvalue weighted by Gasteiger charge is 2.33. The van der Waals surface area contributed by atoms with Crippen LogP contribution in [0.3, 0.4) is 0 Å². The number of ether oxygens (including phenoxy) is 1. The Kier molecular flexibility index (Phi) is 6.05. The molecule has 9 nitrogen and oxygen atoms in total. The van der Waals surface area contributed by atoms with E-state index in [0.717, 1.165) is 38.4 Å². The van der Waals surface area contributed by atoms with Crippen molar-refractivity contribution in [3.05, 3.63) is 42.5 Å². The Hall–Kier alpha value is -3.67. The molecule has 1 fully saturated rings. The molecule has 0 spiro atoms. The molecule has 0 aromatic carbocycles. The molecule has 0 unspecified atom stereocenters. The van der Waals surface area contributed by atoms with Crippen molar-refractivity contribution < 1.29 is 17.9 Å². The van der Waals surface area contributed by atoms with E-state index in [-0.39, 0.29) is 17.0 Å². The van der Waals surface area contributed by atoms with Crippen LogP contribution in [0.2, 0.25) is 0 Å². The van der Waals surface area contributed by atoms with E-state index in [4.69, 9.17) is 4.74 Å². The van der Waals surface area contributed by atoms with E-state index in [1.54, 1.807) is 24.5 Å². The summed E-state index contributed by atoms with van der Waals surface area (Å²) < 4.78 is 47.6. The van der Waals surface area contributed by atoms with E-state index in [2.05, 4.69) is 42.0 Å². The summed E-state index contributed by atoms with van der Waals surface area (Å²) in [4.78, 5) is 13.2. The first-order valence-corrected chi connectivity index (χ1v) is 11.3. The zero-order chi connectivity index (χ0) is 24.6. The number of likely N-dealkylation sites (N-methyl/N-ethyl adjacent to an activating group) is 1. The SMILES string of the molecule is CCN1CCN(c2ccc(-c3[nH]nc(-c4cc(OC)c5ncnn5c4)c3CC(F)(F)F)nc2)CC1. The van der Waals surface area contributed by atoms with Gasteiger partial charge in [0.15, 0.2) is 11.4 Å². The third kappa shape index (κ3) is 4.65. The second-order valence-electron chi connectivity index (χ2n) is 8.37. The Balaban J connectivity index is 1.51. The number of pyridine rings is 2. The Morgan fingerprint density at radius 3 is 2.57 bits per heavy atom. The second kappa shape index (κ2) is 9.17. The summed E-state index contributed by atoms with van der Waals surface area (Å²) >= 11 is 0. The van der Waals surface area contributed by atoms with Gasteiger partial charge in [0.25, 0.3) is 0 Å².